The fraction of sp³-hybridized carbons (Fsp3) is 0.500. The molecule has 0 saturated heterocycles. The Balaban J connectivity index is 2.41. The highest BCUT2D eigenvalue weighted by Crippen LogP contribution is 2.11. The van der Waals surface area contributed by atoms with Gasteiger partial charge in [0.1, 0.15) is 0 Å². The average molecular weight is 250 g/mol. The molecule has 0 fully saturated rings. The second kappa shape index (κ2) is 7.84. The molecule has 4 heteroatoms. The first kappa shape index (κ1) is 14.7. The van der Waals surface area contributed by atoms with E-state index >= 15 is 0 Å². The largest absolute Gasteiger partial charge is 0.394 e. The zero-order valence-electron chi connectivity index (χ0n) is 11.0. The molecule has 0 aliphatic carbocycles. The van der Waals surface area contributed by atoms with Crippen LogP contribution in [-0.4, -0.2) is 30.2 Å². The van der Waals surface area contributed by atoms with Gasteiger partial charge in [0, 0.05) is 19.0 Å². The van der Waals surface area contributed by atoms with Gasteiger partial charge in [-0.1, -0.05) is 44.2 Å². The monoisotopic (exact) mass is 250 g/mol. The van der Waals surface area contributed by atoms with Gasteiger partial charge in [0.2, 0.25) is 5.91 Å². The molecule has 3 N–H and O–H groups in total. The average Bonchev–Trinajstić information content (AvgIpc) is 2.36. The predicted molar refractivity (Wildman–Crippen MR) is 72.2 cm³/mol. The van der Waals surface area contributed by atoms with Crippen LogP contribution in [0, 0.1) is 0 Å². The third-order valence-corrected chi connectivity index (χ3v) is 2.62. The summed E-state index contributed by atoms with van der Waals surface area (Å²) in [6.07, 6.45) is 0.418. The first-order chi connectivity index (χ1) is 8.63. The van der Waals surface area contributed by atoms with Crippen molar-refractivity contribution in [2.75, 3.05) is 13.2 Å². The normalized spacial score (nSPS) is 12.4. The van der Waals surface area contributed by atoms with E-state index in [9.17, 15) is 9.90 Å². The van der Waals surface area contributed by atoms with Crippen LogP contribution in [0.5, 0.6) is 0 Å². The van der Waals surface area contributed by atoms with Crippen molar-refractivity contribution < 1.29 is 9.90 Å². The minimum absolute atomic E-state index is 0.0500. The molecular formula is C14H22N2O2. The molecule has 1 aromatic rings. The molecule has 0 aromatic heterocycles. The zero-order valence-corrected chi connectivity index (χ0v) is 11.0. The number of benzene rings is 1. The molecule has 0 aliphatic rings. The van der Waals surface area contributed by atoms with E-state index in [0.717, 1.165) is 5.56 Å². The van der Waals surface area contributed by atoms with Gasteiger partial charge < -0.3 is 15.7 Å². The molecule has 0 bridgehead atoms. The molecule has 0 aliphatic heterocycles. The van der Waals surface area contributed by atoms with Crippen LogP contribution in [0.1, 0.15) is 31.9 Å². The van der Waals surface area contributed by atoms with Crippen molar-refractivity contribution in [3.05, 3.63) is 35.9 Å². The van der Waals surface area contributed by atoms with Crippen molar-refractivity contribution in [2.24, 2.45) is 0 Å². The van der Waals surface area contributed by atoms with Crippen molar-refractivity contribution >= 4 is 5.91 Å². The summed E-state index contributed by atoms with van der Waals surface area (Å²) in [5, 5.41) is 15.3. The van der Waals surface area contributed by atoms with Crippen LogP contribution in [-0.2, 0) is 4.79 Å². The summed E-state index contributed by atoms with van der Waals surface area (Å²) < 4.78 is 0. The van der Waals surface area contributed by atoms with Crippen molar-refractivity contribution in [3.63, 3.8) is 0 Å². The van der Waals surface area contributed by atoms with Crippen LogP contribution in [0.2, 0.25) is 0 Å². The molecule has 1 rings (SSSR count). The number of amides is 1. The van der Waals surface area contributed by atoms with Gasteiger partial charge in [-0.2, -0.15) is 0 Å². The molecule has 18 heavy (non-hydrogen) atoms. The van der Waals surface area contributed by atoms with E-state index in [0.29, 0.717) is 19.0 Å². The number of aliphatic hydroxyl groups excluding tert-OH is 1. The number of carbonyl (C=O) groups is 1. The Kier molecular flexibility index (Phi) is 6.39. The molecule has 1 unspecified atom stereocenters. The lowest BCUT2D eigenvalue weighted by Gasteiger charge is -2.17. The Labute approximate surface area is 108 Å². The summed E-state index contributed by atoms with van der Waals surface area (Å²) in [7, 11) is 0. The fourth-order valence-electron chi connectivity index (χ4n) is 1.66. The van der Waals surface area contributed by atoms with E-state index < -0.39 is 0 Å². The Morgan fingerprint density at radius 3 is 2.50 bits per heavy atom. The smallest absolute Gasteiger partial charge is 0.221 e. The molecule has 1 atom stereocenters. The molecule has 0 radical (unpaired) electrons. The Morgan fingerprint density at radius 2 is 1.94 bits per heavy atom. The molecular weight excluding hydrogens is 228 g/mol. The van der Waals surface area contributed by atoms with Crippen LogP contribution in [0.4, 0.5) is 0 Å². The third kappa shape index (κ3) is 5.29. The number of rotatable bonds is 7. The van der Waals surface area contributed by atoms with Crippen LogP contribution in [0.25, 0.3) is 0 Å². The van der Waals surface area contributed by atoms with E-state index in [2.05, 4.69) is 10.6 Å². The van der Waals surface area contributed by atoms with Crippen LogP contribution in [0.15, 0.2) is 30.3 Å². The van der Waals surface area contributed by atoms with Gasteiger partial charge in [-0.05, 0) is 5.56 Å². The first-order valence-electron chi connectivity index (χ1n) is 6.32. The van der Waals surface area contributed by atoms with Gasteiger partial charge in [0.05, 0.1) is 12.6 Å². The molecule has 1 aromatic carbocycles. The van der Waals surface area contributed by atoms with Crippen molar-refractivity contribution in [2.45, 2.75) is 32.4 Å². The van der Waals surface area contributed by atoms with Gasteiger partial charge in [-0.15, -0.1) is 0 Å². The summed E-state index contributed by atoms with van der Waals surface area (Å²) >= 11 is 0. The number of aliphatic hydroxyl groups is 1. The van der Waals surface area contributed by atoms with Gasteiger partial charge in [-0.3, -0.25) is 4.79 Å². The highest BCUT2D eigenvalue weighted by atomic mass is 16.3. The molecule has 0 saturated carbocycles. The molecule has 4 nitrogen and oxygen atoms in total. The maximum atomic E-state index is 11.7. The first-order valence-corrected chi connectivity index (χ1v) is 6.32. The molecule has 100 valence electrons. The summed E-state index contributed by atoms with van der Waals surface area (Å²) in [6.45, 7) is 4.64. The minimum atomic E-state index is -0.322. The van der Waals surface area contributed by atoms with Crippen molar-refractivity contribution in [1.29, 1.82) is 0 Å². The number of hydrogen-bond acceptors (Lipinski definition) is 3. The zero-order chi connectivity index (χ0) is 13.4. The number of nitrogens with one attached hydrogen (secondary N) is 2. The predicted octanol–water partition coefficient (Wildman–Crippen LogP) is 1.22. The molecule has 1 amide bonds. The van der Waals surface area contributed by atoms with E-state index in [1.165, 1.54) is 0 Å². The fourth-order valence-corrected chi connectivity index (χ4v) is 1.66. The molecule has 0 heterocycles. The lowest BCUT2D eigenvalue weighted by Crippen LogP contribution is -2.34. The summed E-state index contributed by atoms with van der Waals surface area (Å²) in [5.41, 5.74) is 0.921. The van der Waals surface area contributed by atoms with Gasteiger partial charge >= 0.3 is 0 Å². The Hall–Kier alpha value is -1.39. The maximum absolute atomic E-state index is 11.7. The van der Waals surface area contributed by atoms with Gasteiger partial charge in [-0.25, -0.2) is 0 Å². The van der Waals surface area contributed by atoms with Crippen LogP contribution >= 0.6 is 0 Å². The highest BCUT2D eigenvalue weighted by Gasteiger charge is 2.12. The minimum Gasteiger partial charge on any atom is -0.394 e. The maximum Gasteiger partial charge on any atom is 0.221 e. The second-order valence-electron chi connectivity index (χ2n) is 4.57. The SMILES string of the molecule is CC(C)NCCC(=O)NC(CO)c1ccccc1. The third-order valence-electron chi connectivity index (χ3n) is 2.62. The van der Waals surface area contributed by atoms with Crippen molar-refractivity contribution in [1.82, 2.24) is 10.6 Å². The summed E-state index contributed by atoms with van der Waals surface area (Å²) in [6, 6.07) is 9.54. The Morgan fingerprint density at radius 1 is 1.28 bits per heavy atom. The topological polar surface area (TPSA) is 61.4 Å². The lowest BCUT2D eigenvalue weighted by atomic mass is 10.1. The van der Waals surface area contributed by atoms with Gasteiger partial charge in [0.15, 0.2) is 0 Å². The quantitative estimate of drug-likeness (QED) is 0.682. The number of hydrogen-bond donors (Lipinski definition) is 3. The van der Waals surface area contributed by atoms with E-state index in [1.807, 2.05) is 44.2 Å². The number of carbonyl (C=O) groups excluding carboxylic acids is 1. The van der Waals surface area contributed by atoms with Gasteiger partial charge in [0.25, 0.3) is 0 Å². The van der Waals surface area contributed by atoms with Crippen LogP contribution < -0.4 is 10.6 Å². The van der Waals surface area contributed by atoms with E-state index in [1.54, 1.807) is 0 Å². The standard InChI is InChI=1S/C14H22N2O2/c1-11(2)15-9-8-14(18)16-13(10-17)12-6-4-3-5-7-12/h3-7,11,13,15,17H,8-10H2,1-2H3,(H,16,18). The summed E-state index contributed by atoms with van der Waals surface area (Å²) in [4.78, 5) is 11.7. The van der Waals surface area contributed by atoms with Crippen LogP contribution in [0.3, 0.4) is 0 Å². The lowest BCUT2D eigenvalue weighted by molar-refractivity contribution is -0.122. The highest BCUT2D eigenvalue weighted by molar-refractivity contribution is 5.76. The second-order valence-corrected chi connectivity index (χ2v) is 4.57. The summed E-state index contributed by atoms with van der Waals surface area (Å²) in [5.74, 6) is -0.0500. The van der Waals surface area contributed by atoms with E-state index in [4.69, 9.17) is 0 Å². The molecule has 0 spiro atoms. The van der Waals surface area contributed by atoms with Crippen molar-refractivity contribution in [3.8, 4) is 0 Å². The Bertz CT molecular complexity index is 352. The van der Waals surface area contributed by atoms with E-state index in [-0.39, 0.29) is 18.6 Å².